The predicted octanol–water partition coefficient (Wildman–Crippen LogP) is 2.01. The van der Waals surface area contributed by atoms with Gasteiger partial charge in [-0.25, -0.2) is 0 Å². The van der Waals surface area contributed by atoms with Gasteiger partial charge in [-0.2, -0.15) is 0 Å². The van der Waals surface area contributed by atoms with Crippen molar-refractivity contribution >= 4 is 5.69 Å². The third-order valence-electron chi connectivity index (χ3n) is 3.87. The van der Waals surface area contributed by atoms with Crippen LogP contribution < -0.4 is 14.4 Å². The van der Waals surface area contributed by atoms with E-state index >= 15 is 0 Å². The first kappa shape index (κ1) is 11.7. The molecule has 0 aliphatic carbocycles. The average molecular weight is 249 g/mol. The molecule has 4 heteroatoms. The largest absolute Gasteiger partial charge is 0.454 e. The van der Waals surface area contributed by atoms with E-state index in [9.17, 15) is 0 Å². The number of benzene rings is 1. The molecule has 1 N–H and O–H groups in total. The first-order valence-corrected chi connectivity index (χ1v) is 6.62. The number of aliphatic hydroxyl groups is 1. The third kappa shape index (κ3) is 2.25. The molecule has 4 nitrogen and oxygen atoms in total. The Balaban J connectivity index is 1.66. The summed E-state index contributed by atoms with van der Waals surface area (Å²) in [6.45, 7) is 2.76. The first-order chi connectivity index (χ1) is 8.86. The molecule has 1 aromatic carbocycles. The van der Waals surface area contributed by atoms with E-state index in [4.69, 9.17) is 14.6 Å². The average Bonchev–Trinajstić information content (AvgIpc) is 2.87. The van der Waals surface area contributed by atoms with Gasteiger partial charge in [0.1, 0.15) is 0 Å². The van der Waals surface area contributed by atoms with E-state index in [-0.39, 0.29) is 0 Å². The maximum Gasteiger partial charge on any atom is 0.231 e. The second-order valence-electron chi connectivity index (χ2n) is 4.98. The molecule has 2 aliphatic heterocycles. The Morgan fingerprint density at radius 3 is 2.72 bits per heavy atom. The number of fused-ring (bicyclic) bond motifs is 1. The number of piperidine rings is 1. The summed E-state index contributed by atoms with van der Waals surface area (Å²) in [6, 6.07) is 6.14. The molecule has 3 rings (SSSR count). The van der Waals surface area contributed by atoms with Crippen LogP contribution in [0, 0.1) is 5.92 Å². The number of hydrogen-bond acceptors (Lipinski definition) is 4. The Kier molecular flexibility index (Phi) is 3.28. The van der Waals surface area contributed by atoms with Gasteiger partial charge in [-0.05, 0) is 37.3 Å². The summed E-state index contributed by atoms with van der Waals surface area (Å²) in [4.78, 5) is 2.38. The van der Waals surface area contributed by atoms with Crippen LogP contribution in [0.2, 0.25) is 0 Å². The number of aliphatic hydroxyl groups excluding tert-OH is 1. The Morgan fingerprint density at radius 2 is 1.94 bits per heavy atom. The SMILES string of the molecule is OCCC1CCN(c2ccc3c(c2)OCO3)CC1. The van der Waals surface area contributed by atoms with Gasteiger partial charge >= 0.3 is 0 Å². The van der Waals surface area contributed by atoms with Crippen molar-refractivity contribution in [2.24, 2.45) is 5.92 Å². The molecule has 2 heterocycles. The van der Waals surface area contributed by atoms with Gasteiger partial charge < -0.3 is 19.5 Å². The normalized spacial score (nSPS) is 19.3. The van der Waals surface area contributed by atoms with Gasteiger partial charge in [0.05, 0.1) is 0 Å². The minimum absolute atomic E-state index is 0.314. The van der Waals surface area contributed by atoms with E-state index < -0.39 is 0 Å². The van der Waals surface area contributed by atoms with Crippen LogP contribution in [0.5, 0.6) is 11.5 Å². The highest BCUT2D eigenvalue weighted by atomic mass is 16.7. The van der Waals surface area contributed by atoms with Gasteiger partial charge in [0.2, 0.25) is 6.79 Å². The number of hydrogen-bond donors (Lipinski definition) is 1. The lowest BCUT2D eigenvalue weighted by Crippen LogP contribution is -2.33. The minimum atomic E-state index is 0.314. The number of nitrogens with zero attached hydrogens (tertiary/aromatic N) is 1. The summed E-state index contributed by atoms with van der Waals surface area (Å²) in [5.74, 6) is 2.37. The van der Waals surface area contributed by atoms with Crippen molar-refractivity contribution in [2.45, 2.75) is 19.3 Å². The lowest BCUT2D eigenvalue weighted by atomic mass is 9.93. The van der Waals surface area contributed by atoms with Crippen molar-refractivity contribution in [1.82, 2.24) is 0 Å². The number of rotatable bonds is 3. The van der Waals surface area contributed by atoms with E-state index in [1.807, 2.05) is 6.07 Å². The van der Waals surface area contributed by atoms with E-state index in [0.717, 1.165) is 43.9 Å². The Morgan fingerprint density at radius 1 is 1.17 bits per heavy atom. The summed E-state index contributed by atoms with van der Waals surface area (Å²) >= 11 is 0. The van der Waals surface area contributed by atoms with Crippen LogP contribution in [0.15, 0.2) is 18.2 Å². The van der Waals surface area contributed by atoms with Crippen molar-refractivity contribution in [1.29, 1.82) is 0 Å². The third-order valence-corrected chi connectivity index (χ3v) is 3.87. The van der Waals surface area contributed by atoms with E-state index in [0.29, 0.717) is 19.3 Å². The highest BCUT2D eigenvalue weighted by Crippen LogP contribution is 2.36. The van der Waals surface area contributed by atoms with Gasteiger partial charge in [0.15, 0.2) is 11.5 Å². The monoisotopic (exact) mass is 249 g/mol. The predicted molar refractivity (Wildman–Crippen MR) is 69.2 cm³/mol. The van der Waals surface area contributed by atoms with Crippen LogP contribution in [-0.4, -0.2) is 31.6 Å². The van der Waals surface area contributed by atoms with Crippen LogP contribution in [0.3, 0.4) is 0 Å². The summed E-state index contributed by atoms with van der Waals surface area (Å²) in [5, 5.41) is 8.96. The van der Waals surface area contributed by atoms with Crippen LogP contribution >= 0.6 is 0 Å². The molecule has 0 aromatic heterocycles. The molecule has 1 aromatic rings. The summed E-state index contributed by atoms with van der Waals surface area (Å²) < 4.78 is 10.7. The molecule has 98 valence electrons. The van der Waals surface area contributed by atoms with Crippen LogP contribution in [-0.2, 0) is 0 Å². The zero-order valence-electron chi connectivity index (χ0n) is 10.5. The molecule has 0 radical (unpaired) electrons. The standard InChI is InChI=1S/C14H19NO3/c16-8-5-11-3-6-15(7-4-11)12-1-2-13-14(9-12)18-10-17-13/h1-2,9,11,16H,3-8,10H2. The molecule has 0 unspecified atom stereocenters. The van der Waals surface area contributed by atoms with Gasteiger partial charge in [0, 0.05) is 31.5 Å². The molecule has 2 aliphatic rings. The topological polar surface area (TPSA) is 41.9 Å². The molecule has 0 atom stereocenters. The molecular formula is C14H19NO3. The maximum atomic E-state index is 8.96. The Hall–Kier alpha value is -1.42. The first-order valence-electron chi connectivity index (χ1n) is 6.62. The lowest BCUT2D eigenvalue weighted by molar-refractivity contribution is 0.174. The van der Waals surface area contributed by atoms with Crippen molar-refractivity contribution in [3.8, 4) is 11.5 Å². The zero-order chi connectivity index (χ0) is 12.4. The summed E-state index contributed by atoms with van der Waals surface area (Å²) in [7, 11) is 0. The molecule has 0 bridgehead atoms. The van der Waals surface area contributed by atoms with Gasteiger partial charge in [0.25, 0.3) is 0 Å². The second kappa shape index (κ2) is 5.06. The molecular weight excluding hydrogens is 230 g/mol. The van der Waals surface area contributed by atoms with Crippen molar-refractivity contribution < 1.29 is 14.6 Å². The van der Waals surface area contributed by atoms with Crippen LogP contribution in [0.1, 0.15) is 19.3 Å². The number of anilines is 1. The fraction of sp³-hybridized carbons (Fsp3) is 0.571. The van der Waals surface area contributed by atoms with Crippen LogP contribution in [0.25, 0.3) is 0 Å². The molecule has 0 saturated carbocycles. The summed E-state index contributed by atoms with van der Waals surface area (Å²) in [6.07, 6.45) is 3.26. The van der Waals surface area contributed by atoms with Gasteiger partial charge in [-0.15, -0.1) is 0 Å². The molecule has 0 amide bonds. The number of ether oxygens (including phenoxy) is 2. The van der Waals surface area contributed by atoms with Crippen molar-refractivity contribution in [2.75, 3.05) is 31.4 Å². The zero-order valence-corrected chi connectivity index (χ0v) is 10.5. The fourth-order valence-electron chi connectivity index (χ4n) is 2.74. The van der Waals surface area contributed by atoms with E-state index in [2.05, 4.69) is 17.0 Å². The second-order valence-corrected chi connectivity index (χ2v) is 4.98. The Labute approximate surface area is 107 Å². The molecule has 1 fully saturated rings. The van der Waals surface area contributed by atoms with Crippen molar-refractivity contribution in [3.63, 3.8) is 0 Å². The lowest BCUT2D eigenvalue weighted by Gasteiger charge is -2.33. The Bertz CT molecular complexity index is 414. The van der Waals surface area contributed by atoms with Crippen LogP contribution in [0.4, 0.5) is 5.69 Å². The minimum Gasteiger partial charge on any atom is -0.454 e. The summed E-state index contributed by atoms with van der Waals surface area (Å²) in [5.41, 5.74) is 1.21. The maximum absolute atomic E-state index is 8.96. The smallest absolute Gasteiger partial charge is 0.231 e. The van der Waals surface area contributed by atoms with E-state index in [1.165, 1.54) is 5.69 Å². The quantitative estimate of drug-likeness (QED) is 0.890. The van der Waals surface area contributed by atoms with Gasteiger partial charge in [-0.3, -0.25) is 0 Å². The van der Waals surface area contributed by atoms with E-state index in [1.54, 1.807) is 0 Å². The highest BCUT2D eigenvalue weighted by molar-refractivity contribution is 5.57. The molecule has 1 saturated heterocycles. The molecule has 0 spiro atoms. The van der Waals surface area contributed by atoms with Gasteiger partial charge in [-0.1, -0.05) is 0 Å². The van der Waals surface area contributed by atoms with Crippen molar-refractivity contribution in [3.05, 3.63) is 18.2 Å². The highest BCUT2D eigenvalue weighted by Gasteiger charge is 2.21. The molecule has 18 heavy (non-hydrogen) atoms. The fourth-order valence-corrected chi connectivity index (χ4v) is 2.74.